The van der Waals surface area contributed by atoms with Crippen molar-refractivity contribution in [2.24, 2.45) is 0 Å². The Morgan fingerprint density at radius 3 is 2.27 bits per heavy atom. The number of hydrogen-bond acceptors (Lipinski definition) is 4. The van der Waals surface area contributed by atoms with Crippen LogP contribution in [0.3, 0.4) is 0 Å². The SMILES string of the molecule is CC(C)N(Cc1ccccc1)C(=O)CN1C(=O)c2ccccc2S1(=O)=O. The van der Waals surface area contributed by atoms with Crippen LogP contribution in [-0.4, -0.2) is 42.0 Å². The molecule has 0 aromatic heterocycles. The summed E-state index contributed by atoms with van der Waals surface area (Å²) in [6.45, 7) is 3.57. The first-order valence-electron chi connectivity index (χ1n) is 8.32. The Hall–Kier alpha value is -2.67. The molecular formula is C19H20N2O4S. The Kier molecular flexibility index (Phi) is 4.82. The van der Waals surface area contributed by atoms with Gasteiger partial charge in [-0.25, -0.2) is 12.7 Å². The average molecular weight is 372 g/mol. The topological polar surface area (TPSA) is 74.8 Å². The third kappa shape index (κ3) is 3.22. The zero-order valence-corrected chi connectivity index (χ0v) is 15.4. The number of sulfonamides is 1. The average Bonchev–Trinajstić information content (AvgIpc) is 2.81. The molecular weight excluding hydrogens is 352 g/mol. The zero-order chi connectivity index (χ0) is 18.9. The van der Waals surface area contributed by atoms with E-state index in [9.17, 15) is 18.0 Å². The van der Waals surface area contributed by atoms with Crippen LogP contribution in [0.1, 0.15) is 29.8 Å². The zero-order valence-electron chi connectivity index (χ0n) is 14.6. The van der Waals surface area contributed by atoms with Crippen molar-refractivity contribution in [3.63, 3.8) is 0 Å². The number of fused-ring (bicyclic) bond motifs is 1. The van der Waals surface area contributed by atoms with Crippen LogP contribution in [0, 0.1) is 0 Å². The molecule has 2 aromatic rings. The molecule has 0 saturated heterocycles. The van der Waals surface area contributed by atoms with Crippen molar-refractivity contribution in [3.05, 3.63) is 65.7 Å². The predicted octanol–water partition coefficient (Wildman–Crippen LogP) is 2.27. The molecule has 0 unspecified atom stereocenters. The van der Waals surface area contributed by atoms with Crippen LogP contribution in [-0.2, 0) is 21.4 Å². The van der Waals surface area contributed by atoms with E-state index in [1.807, 2.05) is 44.2 Å². The fourth-order valence-electron chi connectivity index (χ4n) is 2.94. The van der Waals surface area contributed by atoms with Crippen LogP contribution < -0.4 is 0 Å². The second-order valence-corrected chi connectivity index (χ2v) is 8.24. The van der Waals surface area contributed by atoms with Gasteiger partial charge in [0, 0.05) is 12.6 Å². The highest BCUT2D eigenvalue weighted by Crippen LogP contribution is 2.29. The molecule has 0 bridgehead atoms. The summed E-state index contributed by atoms with van der Waals surface area (Å²) in [6, 6.07) is 15.3. The molecule has 26 heavy (non-hydrogen) atoms. The monoisotopic (exact) mass is 372 g/mol. The van der Waals surface area contributed by atoms with Crippen LogP contribution in [0.2, 0.25) is 0 Å². The maximum atomic E-state index is 12.8. The lowest BCUT2D eigenvalue weighted by Crippen LogP contribution is -2.45. The molecule has 0 atom stereocenters. The predicted molar refractivity (Wildman–Crippen MR) is 96.8 cm³/mol. The summed E-state index contributed by atoms with van der Waals surface area (Å²) in [5.74, 6) is -1.06. The lowest BCUT2D eigenvalue weighted by atomic mass is 10.2. The van der Waals surface area contributed by atoms with Crippen LogP contribution in [0.15, 0.2) is 59.5 Å². The first-order valence-corrected chi connectivity index (χ1v) is 9.76. The Bertz CT molecular complexity index is 939. The quantitative estimate of drug-likeness (QED) is 0.807. The molecule has 136 valence electrons. The molecule has 0 spiro atoms. The van der Waals surface area contributed by atoms with Gasteiger partial charge in [0.1, 0.15) is 11.4 Å². The van der Waals surface area contributed by atoms with Crippen LogP contribution in [0.4, 0.5) is 0 Å². The standard InChI is InChI=1S/C19H20N2O4S/c1-14(2)20(12-15-8-4-3-5-9-15)18(22)13-21-19(23)16-10-6-7-11-17(16)26(21,24)25/h3-11,14H,12-13H2,1-2H3. The van der Waals surface area contributed by atoms with Crippen molar-refractivity contribution in [3.8, 4) is 0 Å². The highest BCUT2D eigenvalue weighted by molar-refractivity contribution is 7.90. The third-order valence-corrected chi connectivity index (χ3v) is 6.12. The van der Waals surface area contributed by atoms with Crippen molar-refractivity contribution >= 4 is 21.8 Å². The molecule has 0 radical (unpaired) electrons. The molecule has 0 aliphatic carbocycles. The van der Waals surface area contributed by atoms with Gasteiger partial charge in [-0.05, 0) is 31.5 Å². The molecule has 2 amide bonds. The number of nitrogens with zero attached hydrogens (tertiary/aromatic N) is 2. The first-order chi connectivity index (χ1) is 12.3. The van der Waals surface area contributed by atoms with Gasteiger partial charge in [0.05, 0.1) is 5.56 Å². The van der Waals surface area contributed by atoms with Crippen LogP contribution in [0.25, 0.3) is 0 Å². The Morgan fingerprint density at radius 2 is 1.65 bits per heavy atom. The minimum atomic E-state index is -3.99. The summed E-state index contributed by atoms with van der Waals surface area (Å²) in [4.78, 5) is 26.8. The second kappa shape index (κ2) is 6.92. The molecule has 2 aromatic carbocycles. The van der Waals surface area contributed by atoms with Crippen molar-refractivity contribution in [1.82, 2.24) is 9.21 Å². The number of carbonyl (C=O) groups is 2. The van der Waals surface area contributed by atoms with Gasteiger partial charge in [0.15, 0.2) is 0 Å². The van der Waals surface area contributed by atoms with Gasteiger partial charge in [-0.2, -0.15) is 0 Å². The molecule has 1 aliphatic rings. The van der Waals surface area contributed by atoms with E-state index in [0.29, 0.717) is 10.8 Å². The number of carbonyl (C=O) groups excluding carboxylic acids is 2. The maximum Gasteiger partial charge on any atom is 0.269 e. The van der Waals surface area contributed by atoms with E-state index in [4.69, 9.17) is 0 Å². The lowest BCUT2D eigenvalue weighted by molar-refractivity contribution is -0.133. The summed E-state index contributed by atoms with van der Waals surface area (Å²) in [5.41, 5.74) is 1.05. The minimum Gasteiger partial charge on any atom is -0.334 e. The minimum absolute atomic E-state index is 0.0445. The summed E-state index contributed by atoms with van der Waals surface area (Å²) in [6.07, 6.45) is 0. The third-order valence-electron chi connectivity index (χ3n) is 4.33. The Balaban J connectivity index is 1.83. The molecule has 7 heteroatoms. The normalized spacial score (nSPS) is 15.2. The van der Waals surface area contributed by atoms with E-state index in [-0.39, 0.29) is 16.5 Å². The largest absolute Gasteiger partial charge is 0.334 e. The van der Waals surface area contributed by atoms with Crippen molar-refractivity contribution in [2.75, 3.05) is 6.54 Å². The van der Waals surface area contributed by atoms with E-state index < -0.39 is 28.4 Å². The molecule has 0 fully saturated rings. The number of benzene rings is 2. The summed E-state index contributed by atoms with van der Waals surface area (Å²) in [5, 5.41) is 0. The van der Waals surface area contributed by atoms with E-state index in [1.54, 1.807) is 17.0 Å². The van der Waals surface area contributed by atoms with E-state index in [1.165, 1.54) is 12.1 Å². The van der Waals surface area contributed by atoms with Gasteiger partial charge in [0.2, 0.25) is 5.91 Å². The highest BCUT2D eigenvalue weighted by Gasteiger charge is 2.42. The molecule has 1 heterocycles. The van der Waals surface area contributed by atoms with Gasteiger partial charge >= 0.3 is 0 Å². The number of hydrogen-bond donors (Lipinski definition) is 0. The first kappa shape index (κ1) is 18.1. The van der Waals surface area contributed by atoms with Crippen LogP contribution in [0.5, 0.6) is 0 Å². The fourth-order valence-corrected chi connectivity index (χ4v) is 4.46. The van der Waals surface area contributed by atoms with Gasteiger partial charge in [-0.3, -0.25) is 9.59 Å². The highest BCUT2D eigenvalue weighted by atomic mass is 32.2. The van der Waals surface area contributed by atoms with Gasteiger partial charge in [-0.15, -0.1) is 0 Å². The molecule has 1 aliphatic heterocycles. The summed E-state index contributed by atoms with van der Waals surface area (Å²) < 4.78 is 25.9. The number of rotatable bonds is 5. The van der Waals surface area contributed by atoms with Gasteiger partial charge < -0.3 is 4.90 Å². The molecule has 0 saturated carbocycles. The Labute approximate surface area is 153 Å². The van der Waals surface area contributed by atoms with Crippen molar-refractivity contribution in [1.29, 1.82) is 0 Å². The van der Waals surface area contributed by atoms with E-state index in [0.717, 1.165) is 5.56 Å². The van der Waals surface area contributed by atoms with Gasteiger partial charge in [-0.1, -0.05) is 42.5 Å². The molecule has 6 nitrogen and oxygen atoms in total. The second-order valence-electron chi connectivity index (χ2n) is 6.41. The Morgan fingerprint density at radius 1 is 1.04 bits per heavy atom. The lowest BCUT2D eigenvalue weighted by Gasteiger charge is -2.28. The molecule has 3 rings (SSSR count). The van der Waals surface area contributed by atoms with Crippen molar-refractivity contribution < 1.29 is 18.0 Å². The molecule has 0 N–H and O–H groups in total. The number of amides is 2. The summed E-state index contributed by atoms with van der Waals surface area (Å²) in [7, 11) is -3.99. The van der Waals surface area contributed by atoms with E-state index in [2.05, 4.69) is 0 Å². The van der Waals surface area contributed by atoms with Crippen LogP contribution >= 0.6 is 0 Å². The fraction of sp³-hybridized carbons (Fsp3) is 0.263. The smallest absolute Gasteiger partial charge is 0.269 e. The van der Waals surface area contributed by atoms with Gasteiger partial charge in [0.25, 0.3) is 15.9 Å². The maximum absolute atomic E-state index is 12.8. The van der Waals surface area contributed by atoms with Crippen molar-refractivity contribution in [2.45, 2.75) is 31.3 Å². The summed E-state index contributed by atoms with van der Waals surface area (Å²) >= 11 is 0. The van der Waals surface area contributed by atoms with E-state index >= 15 is 0 Å².